The zero-order valence-corrected chi connectivity index (χ0v) is 8.40. The van der Waals surface area contributed by atoms with Crippen LogP contribution in [0.25, 0.3) is 0 Å². The number of benzene rings is 1. The van der Waals surface area contributed by atoms with E-state index in [4.69, 9.17) is 14.6 Å². The number of rotatable bonds is 3. The normalized spacial score (nSPS) is 18.1. The second-order valence-electron chi connectivity index (χ2n) is 3.35. The van der Waals surface area contributed by atoms with Crippen LogP contribution in [0.5, 0.6) is 11.5 Å². The van der Waals surface area contributed by atoms with Gasteiger partial charge < -0.3 is 14.6 Å². The molecule has 4 nitrogen and oxygen atoms in total. The standard InChI is InChI=1S/C11H12O4/c1-2-14-8-3-4-9-7(5-8)6-10(15-9)11(12)13/h3-5,10H,2,6H2,1H3,(H,12,13)/t10-/m0/s1. The largest absolute Gasteiger partial charge is 0.494 e. The quantitative estimate of drug-likeness (QED) is 0.817. The van der Waals surface area contributed by atoms with E-state index in [1.807, 2.05) is 13.0 Å². The van der Waals surface area contributed by atoms with Gasteiger partial charge in [0, 0.05) is 12.0 Å². The van der Waals surface area contributed by atoms with Gasteiger partial charge >= 0.3 is 5.97 Å². The molecule has 0 saturated carbocycles. The van der Waals surface area contributed by atoms with Crippen LogP contribution in [0.1, 0.15) is 12.5 Å². The van der Waals surface area contributed by atoms with Gasteiger partial charge in [0.2, 0.25) is 0 Å². The summed E-state index contributed by atoms with van der Waals surface area (Å²) in [6, 6.07) is 5.37. The molecule has 1 N–H and O–H groups in total. The number of carbonyl (C=O) groups is 1. The van der Waals surface area contributed by atoms with Gasteiger partial charge in [0.25, 0.3) is 0 Å². The molecular formula is C11H12O4. The molecule has 0 aliphatic carbocycles. The summed E-state index contributed by atoms with van der Waals surface area (Å²) < 4.78 is 10.6. The Morgan fingerprint density at radius 1 is 1.67 bits per heavy atom. The molecule has 1 aliphatic heterocycles. The molecular weight excluding hydrogens is 196 g/mol. The van der Waals surface area contributed by atoms with Crippen LogP contribution in [0.15, 0.2) is 18.2 Å². The van der Waals surface area contributed by atoms with Crippen LogP contribution in [0.3, 0.4) is 0 Å². The lowest BCUT2D eigenvalue weighted by Gasteiger charge is -2.04. The van der Waals surface area contributed by atoms with Crippen LogP contribution in [0, 0.1) is 0 Å². The monoisotopic (exact) mass is 208 g/mol. The molecule has 80 valence electrons. The maximum atomic E-state index is 10.7. The van der Waals surface area contributed by atoms with Crippen LogP contribution in [-0.4, -0.2) is 23.8 Å². The van der Waals surface area contributed by atoms with E-state index in [0.29, 0.717) is 18.8 Å². The fourth-order valence-electron chi connectivity index (χ4n) is 1.62. The Kier molecular flexibility index (Phi) is 2.49. The second-order valence-corrected chi connectivity index (χ2v) is 3.35. The van der Waals surface area contributed by atoms with Gasteiger partial charge in [-0.2, -0.15) is 0 Å². The molecule has 0 radical (unpaired) electrons. The average Bonchev–Trinajstić information content (AvgIpc) is 2.61. The van der Waals surface area contributed by atoms with Gasteiger partial charge in [0.05, 0.1) is 6.61 Å². The van der Waals surface area contributed by atoms with Gasteiger partial charge in [0.15, 0.2) is 6.10 Å². The van der Waals surface area contributed by atoms with Crippen molar-refractivity contribution in [2.45, 2.75) is 19.4 Å². The van der Waals surface area contributed by atoms with Crippen molar-refractivity contribution >= 4 is 5.97 Å². The highest BCUT2D eigenvalue weighted by atomic mass is 16.5. The van der Waals surface area contributed by atoms with Crippen molar-refractivity contribution in [2.75, 3.05) is 6.61 Å². The fraction of sp³-hybridized carbons (Fsp3) is 0.364. The molecule has 0 saturated heterocycles. The first-order chi connectivity index (χ1) is 7.20. The lowest BCUT2D eigenvalue weighted by Crippen LogP contribution is -2.24. The first-order valence-electron chi connectivity index (χ1n) is 4.86. The van der Waals surface area contributed by atoms with Gasteiger partial charge in [0.1, 0.15) is 11.5 Å². The van der Waals surface area contributed by atoms with Crippen LogP contribution < -0.4 is 9.47 Å². The van der Waals surface area contributed by atoms with Crippen LogP contribution in [0.4, 0.5) is 0 Å². The van der Waals surface area contributed by atoms with E-state index in [1.54, 1.807) is 12.1 Å². The van der Waals surface area contributed by atoms with E-state index in [0.717, 1.165) is 11.3 Å². The van der Waals surface area contributed by atoms with Crippen LogP contribution in [0.2, 0.25) is 0 Å². The zero-order chi connectivity index (χ0) is 10.8. The summed E-state index contributed by atoms with van der Waals surface area (Å²) in [6.07, 6.45) is -0.345. The SMILES string of the molecule is CCOc1ccc2c(c1)C[C@@H](C(=O)O)O2. The number of carboxylic acid groups (broad SMARTS) is 1. The summed E-state index contributed by atoms with van der Waals surface area (Å²) in [4.78, 5) is 10.7. The Morgan fingerprint density at radius 2 is 2.47 bits per heavy atom. The fourth-order valence-corrected chi connectivity index (χ4v) is 1.62. The molecule has 0 bridgehead atoms. The molecule has 4 heteroatoms. The molecule has 1 atom stereocenters. The van der Waals surface area contributed by atoms with Crippen molar-refractivity contribution in [3.8, 4) is 11.5 Å². The minimum Gasteiger partial charge on any atom is -0.494 e. The highest BCUT2D eigenvalue weighted by Crippen LogP contribution is 2.31. The third kappa shape index (κ3) is 1.88. The van der Waals surface area contributed by atoms with Crippen molar-refractivity contribution in [2.24, 2.45) is 0 Å². The molecule has 2 rings (SSSR count). The summed E-state index contributed by atoms with van der Waals surface area (Å²) in [6.45, 7) is 2.51. The van der Waals surface area contributed by atoms with Crippen LogP contribution in [-0.2, 0) is 11.2 Å². The Labute approximate surface area is 87.4 Å². The average molecular weight is 208 g/mol. The smallest absolute Gasteiger partial charge is 0.345 e. The number of aliphatic carboxylic acids is 1. The number of fused-ring (bicyclic) bond motifs is 1. The number of hydrogen-bond acceptors (Lipinski definition) is 3. The van der Waals surface area contributed by atoms with E-state index < -0.39 is 12.1 Å². The Morgan fingerprint density at radius 3 is 3.13 bits per heavy atom. The summed E-state index contributed by atoms with van der Waals surface area (Å²) >= 11 is 0. The van der Waals surface area contributed by atoms with E-state index in [-0.39, 0.29) is 0 Å². The minimum absolute atomic E-state index is 0.408. The lowest BCUT2D eigenvalue weighted by atomic mass is 10.1. The number of hydrogen-bond donors (Lipinski definition) is 1. The Bertz CT molecular complexity index is 386. The van der Waals surface area contributed by atoms with Crippen LogP contribution >= 0.6 is 0 Å². The van der Waals surface area contributed by atoms with Crippen molar-refractivity contribution in [1.29, 1.82) is 0 Å². The topological polar surface area (TPSA) is 55.8 Å². The molecule has 1 aromatic rings. The Balaban J connectivity index is 2.20. The highest BCUT2D eigenvalue weighted by molar-refractivity contribution is 5.74. The summed E-state index contributed by atoms with van der Waals surface area (Å²) in [5.41, 5.74) is 0.897. The van der Waals surface area contributed by atoms with Gasteiger partial charge in [-0.3, -0.25) is 0 Å². The van der Waals surface area contributed by atoms with Gasteiger partial charge in [-0.05, 0) is 25.1 Å². The van der Waals surface area contributed by atoms with E-state index >= 15 is 0 Å². The van der Waals surface area contributed by atoms with Crippen molar-refractivity contribution in [3.63, 3.8) is 0 Å². The van der Waals surface area contributed by atoms with Crippen molar-refractivity contribution < 1.29 is 19.4 Å². The zero-order valence-electron chi connectivity index (χ0n) is 8.40. The molecule has 0 unspecified atom stereocenters. The van der Waals surface area contributed by atoms with Crippen molar-refractivity contribution in [1.82, 2.24) is 0 Å². The highest BCUT2D eigenvalue weighted by Gasteiger charge is 2.28. The minimum atomic E-state index is -0.927. The van der Waals surface area contributed by atoms with Gasteiger partial charge in [-0.15, -0.1) is 0 Å². The molecule has 1 aromatic carbocycles. The predicted molar refractivity (Wildman–Crippen MR) is 53.4 cm³/mol. The first-order valence-corrected chi connectivity index (χ1v) is 4.86. The van der Waals surface area contributed by atoms with Gasteiger partial charge in [-0.1, -0.05) is 0 Å². The summed E-state index contributed by atoms with van der Waals surface area (Å²) in [5.74, 6) is 0.473. The predicted octanol–water partition coefficient (Wildman–Crippen LogP) is 1.47. The number of carboxylic acids is 1. The molecule has 15 heavy (non-hydrogen) atoms. The van der Waals surface area contributed by atoms with E-state index in [9.17, 15) is 4.79 Å². The maximum Gasteiger partial charge on any atom is 0.345 e. The molecule has 0 amide bonds. The maximum absolute atomic E-state index is 10.7. The van der Waals surface area contributed by atoms with E-state index in [1.165, 1.54) is 0 Å². The van der Waals surface area contributed by atoms with E-state index in [2.05, 4.69) is 0 Å². The third-order valence-electron chi connectivity index (χ3n) is 2.29. The first kappa shape index (κ1) is 9.83. The lowest BCUT2D eigenvalue weighted by molar-refractivity contribution is -0.144. The Hall–Kier alpha value is -1.71. The summed E-state index contributed by atoms with van der Waals surface area (Å²) in [7, 11) is 0. The van der Waals surface area contributed by atoms with Gasteiger partial charge in [-0.25, -0.2) is 4.79 Å². The molecule has 0 spiro atoms. The molecule has 1 aliphatic rings. The molecule has 0 aromatic heterocycles. The molecule has 0 fully saturated rings. The third-order valence-corrected chi connectivity index (χ3v) is 2.29. The number of ether oxygens (including phenoxy) is 2. The molecule has 1 heterocycles. The second kappa shape index (κ2) is 3.81. The summed E-state index contributed by atoms with van der Waals surface area (Å²) in [5, 5.41) is 8.80. The van der Waals surface area contributed by atoms with Crippen molar-refractivity contribution in [3.05, 3.63) is 23.8 Å².